The molecule has 0 saturated carbocycles. The number of hydrogen-bond donors (Lipinski definition) is 0. The fraction of sp³-hybridized carbons (Fsp3) is 0.500. The van der Waals surface area contributed by atoms with Crippen LogP contribution in [0.2, 0.25) is 0 Å². The molecule has 30 heavy (non-hydrogen) atoms. The third-order valence-electron chi connectivity index (χ3n) is 0. The number of carbonyl (C=O) groups excluding carboxylic acids is 6. The summed E-state index contributed by atoms with van der Waals surface area (Å²) in [6.45, 7) is 5.83. The Labute approximate surface area is 247 Å². The number of carboxylic acid groups (broad SMARTS) is 6. The van der Waals surface area contributed by atoms with Gasteiger partial charge in [0.05, 0.1) is 0 Å². The molecule has 0 rings (SSSR count). The van der Waals surface area contributed by atoms with Crippen LogP contribution in [0, 0.1) is 0 Å². The Hall–Kier alpha value is 0.404. The molecular formula is C12H18Li6O12. The Morgan fingerprint density at radius 1 is 0.300 bits per heavy atom. The van der Waals surface area contributed by atoms with Crippen molar-refractivity contribution in [3.8, 4) is 0 Å². The quantitative estimate of drug-likeness (QED) is 0.347. The molecule has 0 unspecified atom stereocenters. The zero-order chi connectivity index (χ0) is 21.5. The fourth-order valence-corrected chi connectivity index (χ4v) is 0. The molecule has 12 nitrogen and oxygen atoms in total. The SMILES string of the molecule is CC(=O)[O-].CC(=O)[O-].CC(=O)[O-].CC(=O)[O-].CC(=O)[O-].CC(=O)[O-].[Li+].[Li+].[Li+].[Li+].[Li+].[Li+]. The molecule has 0 fully saturated rings. The first-order chi connectivity index (χ1) is 10.4. The van der Waals surface area contributed by atoms with E-state index >= 15 is 0 Å². The summed E-state index contributed by atoms with van der Waals surface area (Å²) < 4.78 is 0. The van der Waals surface area contributed by atoms with E-state index in [2.05, 4.69) is 0 Å². The van der Waals surface area contributed by atoms with Gasteiger partial charge in [-0.05, 0) is 41.5 Å². The molecule has 18 heteroatoms. The first-order valence-electron chi connectivity index (χ1n) is 5.45. The van der Waals surface area contributed by atoms with Gasteiger partial charge in [0.1, 0.15) is 0 Å². The maximum absolute atomic E-state index is 8.89. The first kappa shape index (κ1) is 77.6. The van der Waals surface area contributed by atoms with E-state index in [0.29, 0.717) is 0 Å². The van der Waals surface area contributed by atoms with Gasteiger partial charge in [-0.3, -0.25) is 0 Å². The van der Waals surface area contributed by atoms with Crippen molar-refractivity contribution < 1.29 is 173 Å². The molecule has 0 saturated heterocycles. The molecule has 0 aliphatic rings. The summed E-state index contributed by atoms with van der Waals surface area (Å²) in [6.07, 6.45) is 0. The van der Waals surface area contributed by atoms with Crippen molar-refractivity contribution in [2.24, 2.45) is 0 Å². The van der Waals surface area contributed by atoms with Crippen molar-refractivity contribution in [2.45, 2.75) is 41.5 Å². The van der Waals surface area contributed by atoms with E-state index in [9.17, 15) is 0 Å². The number of hydrogen-bond acceptors (Lipinski definition) is 12. The number of carbonyl (C=O) groups is 6. The first-order valence-corrected chi connectivity index (χ1v) is 5.45. The Morgan fingerprint density at radius 3 is 0.300 bits per heavy atom. The van der Waals surface area contributed by atoms with Gasteiger partial charge >= 0.3 is 113 Å². The standard InChI is InChI=1S/6C2H4O2.6Li/c6*1-2(3)4;;;;;;/h6*1H3,(H,3,4);;;;;;/q;;;;;;6*+1/p-6. The van der Waals surface area contributed by atoms with Crippen LogP contribution in [0.5, 0.6) is 0 Å². The van der Waals surface area contributed by atoms with Crippen LogP contribution >= 0.6 is 0 Å². The maximum atomic E-state index is 8.89. The van der Waals surface area contributed by atoms with Gasteiger partial charge in [-0.2, -0.15) is 0 Å². The minimum atomic E-state index is -1.08. The van der Waals surface area contributed by atoms with E-state index in [1.54, 1.807) is 0 Å². The molecule has 0 bridgehead atoms. The van der Waals surface area contributed by atoms with E-state index in [4.69, 9.17) is 59.4 Å². The van der Waals surface area contributed by atoms with Crippen molar-refractivity contribution in [3.05, 3.63) is 0 Å². The summed E-state index contributed by atoms with van der Waals surface area (Å²) >= 11 is 0. The molecular weight excluding hydrogens is 378 g/mol. The van der Waals surface area contributed by atoms with Gasteiger partial charge in [0.2, 0.25) is 0 Å². The summed E-state index contributed by atoms with van der Waals surface area (Å²) in [4.78, 5) is 53.3. The van der Waals surface area contributed by atoms with Crippen LogP contribution in [0.15, 0.2) is 0 Å². The zero-order valence-electron chi connectivity index (χ0n) is 19.9. The largest absolute Gasteiger partial charge is 1.00 e. The van der Waals surface area contributed by atoms with Crippen LogP contribution in [-0.2, 0) is 28.8 Å². The molecule has 0 N–H and O–H groups in total. The Morgan fingerprint density at radius 2 is 0.300 bits per heavy atom. The third kappa shape index (κ3) is 130000. The number of aliphatic carboxylic acids is 6. The molecule has 0 aromatic heterocycles. The van der Waals surface area contributed by atoms with Crippen LogP contribution < -0.4 is 144 Å². The van der Waals surface area contributed by atoms with Crippen LogP contribution in [0.25, 0.3) is 0 Å². The third-order valence-corrected chi connectivity index (χ3v) is 0. The topological polar surface area (TPSA) is 241 Å². The van der Waals surface area contributed by atoms with Crippen molar-refractivity contribution >= 4 is 35.8 Å². The summed E-state index contributed by atoms with van der Waals surface area (Å²) in [7, 11) is 0. The van der Waals surface area contributed by atoms with E-state index in [1.807, 2.05) is 0 Å². The Balaban J connectivity index is -0.0000000125. The van der Waals surface area contributed by atoms with Gasteiger partial charge in [-0.25, -0.2) is 0 Å². The molecule has 0 radical (unpaired) electrons. The molecule has 0 aromatic rings. The van der Waals surface area contributed by atoms with E-state index in [0.717, 1.165) is 41.5 Å². The minimum Gasteiger partial charge on any atom is -0.550 e. The van der Waals surface area contributed by atoms with Crippen LogP contribution in [-0.4, -0.2) is 35.8 Å². The van der Waals surface area contributed by atoms with Gasteiger partial charge in [0.15, 0.2) is 0 Å². The molecule has 0 aromatic carbocycles. The second-order valence-electron chi connectivity index (χ2n) is 2.95. The molecule has 0 aliphatic carbocycles. The summed E-state index contributed by atoms with van der Waals surface area (Å²) in [6, 6.07) is 0. The van der Waals surface area contributed by atoms with Gasteiger partial charge in [0.25, 0.3) is 0 Å². The molecule has 0 spiro atoms. The van der Waals surface area contributed by atoms with Gasteiger partial charge in [-0.15, -0.1) is 0 Å². The monoisotopic (exact) mass is 396 g/mol. The fourth-order valence-electron chi connectivity index (χ4n) is 0. The van der Waals surface area contributed by atoms with Crippen LogP contribution in [0.3, 0.4) is 0 Å². The predicted octanol–water partition coefficient (Wildman–Crippen LogP) is -25.4. The van der Waals surface area contributed by atoms with Crippen molar-refractivity contribution in [3.63, 3.8) is 0 Å². The second-order valence-corrected chi connectivity index (χ2v) is 2.95. The zero-order valence-corrected chi connectivity index (χ0v) is 19.9. The second kappa shape index (κ2) is 70.0. The van der Waals surface area contributed by atoms with Crippen molar-refractivity contribution in [2.75, 3.05) is 0 Å². The van der Waals surface area contributed by atoms with E-state index in [1.165, 1.54) is 0 Å². The van der Waals surface area contributed by atoms with Gasteiger partial charge < -0.3 is 59.4 Å². The number of rotatable bonds is 0. The predicted molar refractivity (Wildman–Crippen MR) is 64.1 cm³/mol. The van der Waals surface area contributed by atoms with Crippen LogP contribution in [0.4, 0.5) is 0 Å². The minimum absolute atomic E-state index is 0. The van der Waals surface area contributed by atoms with Crippen LogP contribution in [0.1, 0.15) is 41.5 Å². The molecule has 144 valence electrons. The molecule has 0 amide bonds. The molecule has 0 aliphatic heterocycles. The summed E-state index contributed by atoms with van der Waals surface area (Å²) in [5, 5.41) is 53.3. The van der Waals surface area contributed by atoms with E-state index < -0.39 is 35.8 Å². The van der Waals surface area contributed by atoms with Gasteiger partial charge in [0, 0.05) is 35.8 Å². The number of carboxylic acids is 6. The van der Waals surface area contributed by atoms with Gasteiger partial charge in [-0.1, -0.05) is 0 Å². The average Bonchev–Trinajstić information content (AvgIpc) is 2.08. The van der Waals surface area contributed by atoms with Crippen molar-refractivity contribution in [1.82, 2.24) is 0 Å². The summed E-state index contributed by atoms with van der Waals surface area (Å²) in [5.74, 6) is -6.50. The van der Waals surface area contributed by atoms with Crippen molar-refractivity contribution in [1.29, 1.82) is 0 Å². The maximum Gasteiger partial charge on any atom is 1.00 e. The van der Waals surface area contributed by atoms with E-state index in [-0.39, 0.29) is 113 Å². The molecule has 0 heterocycles. The summed E-state index contributed by atoms with van der Waals surface area (Å²) in [5.41, 5.74) is 0. The smallest absolute Gasteiger partial charge is 0.550 e. The Kier molecular flexibility index (Phi) is 181. The average molecular weight is 396 g/mol. The normalized spacial score (nSPS) is 5.00. The Bertz CT molecular complexity index is 277. The molecule has 0 atom stereocenters.